The maximum atomic E-state index is 11.8. The van der Waals surface area contributed by atoms with Crippen LogP contribution in [0.5, 0.6) is 0 Å². The van der Waals surface area contributed by atoms with Crippen LogP contribution < -0.4 is 5.32 Å². The van der Waals surface area contributed by atoms with Gasteiger partial charge in [-0.05, 0) is 31.2 Å². The zero-order chi connectivity index (χ0) is 11.4. The predicted molar refractivity (Wildman–Crippen MR) is 70.6 cm³/mol. The Morgan fingerprint density at radius 1 is 1.06 bits per heavy atom. The summed E-state index contributed by atoms with van der Waals surface area (Å²) in [6.07, 6.45) is 3.20. The molecule has 1 aromatic carbocycles. The Hall–Kier alpha value is -1.87. The normalized spacial score (nSPS) is 9.24. The smallest absolute Gasteiger partial charge is 0.255 e. The van der Waals surface area contributed by atoms with Crippen molar-refractivity contribution in [2.45, 2.75) is 6.92 Å². The fourth-order valence-electron chi connectivity index (χ4n) is 1.34. The SMILES string of the molecule is Cc1ccc(NC(=O)c2ccncc2)cc1.Cl. The molecule has 1 N–H and O–H groups in total. The molecule has 0 saturated heterocycles. The van der Waals surface area contributed by atoms with Gasteiger partial charge in [-0.2, -0.15) is 0 Å². The molecule has 0 spiro atoms. The van der Waals surface area contributed by atoms with E-state index in [4.69, 9.17) is 0 Å². The van der Waals surface area contributed by atoms with Crippen LogP contribution in [0, 0.1) is 6.92 Å². The number of halogens is 1. The molecule has 17 heavy (non-hydrogen) atoms. The molecule has 0 atom stereocenters. The van der Waals surface area contributed by atoms with Gasteiger partial charge >= 0.3 is 0 Å². The number of hydrogen-bond acceptors (Lipinski definition) is 2. The van der Waals surface area contributed by atoms with Crippen molar-refractivity contribution in [3.05, 3.63) is 59.9 Å². The number of nitrogens with zero attached hydrogens (tertiary/aromatic N) is 1. The van der Waals surface area contributed by atoms with Gasteiger partial charge in [0, 0.05) is 23.6 Å². The van der Waals surface area contributed by atoms with Crippen LogP contribution in [-0.2, 0) is 0 Å². The van der Waals surface area contributed by atoms with E-state index in [-0.39, 0.29) is 18.3 Å². The van der Waals surface area contributed by atoms with Crippen molar-refractivity contribution in [3.8, 4) is 0 Å². The van der Waals surface area contributed by atoms with Crippen molar-refractivity contribution in [1.29, 1.82) is 0 Å². The topological polar surface area (TPSA) is 42.0 Å². The number of carbonyl (C=O) groups is 1. The van der Waals surface area contributed by atoms with Gasteiger partial charge in [-0.3, -0.25) is 9.78 Å². The quantitative estimate of drug-likeness (QED) is 0.888. The summed E-state index contributed by atoms with van der Waals surface area (Å²) < 4.78 is 0. The molecule has 1 amide bonds. The van der Waals surface area contributed by atoms with Gasteiger partial charge in [0.2, 0.25) is 0 Å². The number of anilines is 1. The van der Waals surface area contributed by atoms with E-state index >= 15 is 0 Å². The summed E-state index contributed by atoms with van der Waals surface area (Å²) in [5, 5.41) is 2.82. The monoisotopic (exact) mass is 248 g/mol. The number of pyridine rings is 1. The van der Waals surface area contributed by atoms with Gasteiger partial charge in [0.25, 0.3) is 5.91 Å². The fraction of sp³-hybridized carbons (Fsp3) is 0.0769. The third-order valence-electron chi connectivity index (χ3n) is 2.25. The Labute approximate surface area is 106 Å². The van der Waals surface area contributed by atoms with Crippen molar-refractivity contribution in [3.63, 3.8) is 0 Å². The molecule has 2 rings (SSSR count). The number of carbonyl (C=O) groups excluding carboxylic acids is 1. The van der Waals surface area contributed by atoms with E-state index in [9.17, 15) is 4.79 Å². The van der Waals surface area contributed by atoms with Crippen LogP contribution in [-0.4, -0.2) is 10.9 Å². The maximum Gasteiger partial charge on any atom is 0.255 e. The lowest BCUT2D eigenvalue weighted by atomic mass is 10.2. The van der Waals surface area contributed by atoms with E-state index in [1.807, 2.05) is 31.2 Å². The molecule has 0 radical (unpaired) electrons. The van der Waals surface area contributed by atoms with Crippen molar-refractivity contribution >= 4 is 24.0 Å². The van der Waals surface area contributed by atoms with Gasteiger partial charge in [-0.25, -0.2) is 0 Å². The third-order valence-corrected chi connectivity index (χ3v) is 2.25. The van der Waals surface area contributed by atoms with Crippen LogP contribution in [0.3, 0.4) is 0 Å². The van der Waals surface area contributed by atoms with Crippen LogP contribution in [0.4, 0.5) is 5.69 Å². The molecule has 0 saturated carbocycles. The average molecular weight is 249 g/mol. The van der Waals surface area contributed by atoms with Crippen LogP contribution in [0.1, 0.15) is 15.9 Å². The van der Waals surface area contributed by atoms with E-state index in [0.717, 1.165) is 5.69 Å². The van der Waals surface area contributed by atoms with E-state index in [1.165, 1.54) is 5.56 Å². The zero-order valence-corrected chi connectivity index (χ0v) is 10.2. The minimum absolute atomic E-state index is 0. The largest absolute Gasteiger partial charge is 0.322 e. The standard InChI is InChI=1S/C13H12N2O.ClH/c1-10-2-4-12(5-3-10)15-13(16)11-6-8-14-9-7-11;/h2-9H,1H3,(H,15,16);1H. The highest BCUT2D eigenvalue weighted by Crippen LogP contribution is 2.10. The first-order chi connectivity index (χ1) is 7.75. The summed E-state index contributed by atoms with van der Waals surface area (Å²) in [5.41, 5.74) is 2.57. The maximum absolute atomic E-state index is 11.8. The van der Waals surface area contributed by atoms with Gasteiger partial charge in [0.1, 0.15) is 0 Å². The molecule has 0 aliphatic carbocycles. The van der Waals surface area contributed by atoms with Crippen LogP contribution in [0.2, 0.25) is 0 Å². The van der Waals surface area contributed by atoms with Crippen molar-refractivity contribution < 1.29 is 4.79 Å². The number of aryl methyl sites for hydroxylation is 1. The van der Waals surface area contributed by atoms with Gasteiger partial charge in [0.15, 0.2) is 0 Å². The fourth-order valence-corrected chi connectivity index (χ4v) is 1.34. The summed E-state index contributed by atoms with van der Waals surface area (Å²) in [7, 11) is 0. The molecule has 0 bridgehead atoms. The number of hydrogen-bond donors (Lipinski definition) is 1. The second-order valence-electron chi connectivity index (χ2n) is 3.56. The first-order valence-electron chi connectivity index (χ1n) is 5.04. The highest BCUT2D eigenvalue weighted by Gasteiger charge is 2.04. The third kappa shape index (κ3) is 3.57. The van der Waals surface area contributed by atoms with Crippen LogP contribution in [0.25, 0.3) is 0 Å². The Bertz CT molecular complexity index is 483. The lowest BCUT2D eigenvalue weighted by Gasteiger charge is -2.04. The van der Waals surface area contributed by atoms with E-state index in [2.05, 4.69) is 10.3 Å². The second kappa shape index (κ2) is 6.01. The molecule has 1 heterocycles. The lowest BCUT2D eigenvalue weighted by Crippen LogP contribution is -2.11. The molecule has 2 aromatic rings. The van der Waals surface area contributed by atoms with E-state index < -0.39 is 0 Å². The lowest BCUT2D eigenvalue weighted by molar-refractivity contribution is 0.102. The van der Waals surface area contributed by atoms with Crippen molar-refractivity contribution in [2.75, 3.05) is 5.32 Å². The zero-order valence-electron chi connectivity index (χ0n) is 9.38. The Kier molecular flexibility index (Phi) is 4.67. The number of amides is 1. The minimum Gasteiger partial charge on any atom is -0.322 e. The molecule has 0 unspecified atom stereocenters. The summed E-state index contributed by atoms with van der Waals surface area (Å²) in [6.45, 7) is 2.01. The first kappa shape index (κ1) is 13.2. The number of rotatable bonds is 2. The Morgan fingerprint density at radius 3 is 2.24 bits per heavy atom. The highest BCUT2D eigenvalue weighted by atomic mass is 35.5. The highest BCUT2D eigenvalue weighted by molar-refractivity contribution is 6.04. The predicted octanol–water partition coefficient (Wildman–Crippen LogP) is 3.06. The number of nitrogens with one attached hydrogen (secondary N) is 1. The minimum atomic E-state index is -0.119. The van der Waals surface area contributed by atoms with Crippen molar-refractivity contribution in [2.24, 2.45) is 0 Å². The van der Waals surface area contributed by atoms with Gasteiger partial charge in [-0.1, -0.05) is 17.7 Å². The molecule has 1 aromatic heterocycles. The first-order valence-corrected chi connectivity index (χ1v) is 5.04. The molecule has 4 heteroatoms. The summed E-state index contributed by atoms with van der Waals surface area (Å²) in [6, 6.07) is 11.1. The van der Waals surface area contributed by atoms with Crippen LogP contribution in [0.15, 0.2) is 48.8 Å². The Morgan fingerprint density at radius 2 is 1.65 bits per heavy atom. The summed E-state index contributed by atoms with van der Waals surface area (Å²) in [4.78, 5) is 15.6. The van der Waals surface area contributed by atoms with E-state index in [0.29, 0.717) is 5.56 Å². The number of benzene rings is 1. The summed E-state index contributed by atoms with van der Waals surface area (Å²) in [5.74, 6) is -0.119. The van der Waals surface area contributed by atoms with Gasteiger partial charge in [0.05, 0.1) is 0 Å². The number of aromatic nitrogens is 1. The average Bonchev–Trinajstić information content (AvgIpc) is 2.33. The van der Waals surface area contributed by atoms with Gasteiger partial charge < -0.3 is 5.32 Å². The molecule has 0 fully saturated rings. The molecule has 3 nitrogen and oxygen atoms in total. The van der Waals surface area contributed by atoms with Gasteiger partial charge in [-0.15, -0.1) is 12.4 Å². The Balaban J connectivity index is 0.00000144. The molecular formula is C13H13ClN2O. The van der Waals surface area contributed by atoms with Crippen LogP contribution >= 0.6 is 12.4 Å². The summed E-state index contributed by atoms with van der Waals surface area (Å²) >= 11 is 0. The van der Waals surface area contributed by atoms with Crippen molar-refractivity contribution in [1.82, 2.24) is 4.98 Å². The molecule has 0 aliphatic rings. The molecular weight excluding hydrogens is 236 g/mol. The molecule has 88 valence electrons. The molecule has 0 aliphatic heterocycles. The van der Waals surface area contributed by atoms with E-state index in [1.54, 1.807) is 24.5 Å². The second-order valence-corrected chi connectivity index (χ2v) is 3.56.